The number of carbonyl (C=O) groups is 1. The molecule has 80 valence electrons. The summed E-state index contributed by atoms with van der Waals surface area (Å²) in [6.45, 7) is 5.82. The maximum atomic E-state index is 11.0. The van der Waals surface area contributed by atoms with Crippen LogP contribution in [0, 0.1) is 0 Å². The summed E-state index contributed by atoms with van der Waals surface area (Å²) in [6.07, 6.45) is 1.48. The molecule has 1 aromatic heterocycles. The average molecular weight is 216 g/mol. The van der Waals surface area contributed by atoms with Crippen LogP contribution in [0.2, 0.25) is 0 Å². The molecule has 0 aliphatic rings. The lowest BCUT2D eigenvalue weighted by Gasteiger charge is -1.96. The van der Waals surface area contributed by atoms with E-state index in [2.05, 4.69) is 9.72 Å². The molecule has 2 N–H and O–H groups in total. The van der Waals surface area contributed by atoms with Crippen molar-refractivity contribution in [2.24, 2.45) is 5.73 Å². The maximum absolute atomic E-state index is 11.0. The van der Waals surface area contributed by atoms with Gasteiger partial charge in [0.2, 0.25) is 0 Å². The van der Waals surface area contributed by atoms with Crippen molar-refractivity contribution in [2.75, 3.05) is 7.11 Å². The van der Waals surface area contributed by atoms with Gasteiger partial charge in [-0.2, -0.15) is 0 Å². The Morgan fingerprint density at radius 1 is 1.64 bits per heavy atom. The van der Waals surface area contributed by atoms with Crippen LogP contribution in [0.3, 0.4) is 0 Å². The number of ether oxygens (including phenoxy) is 1. The van der Waals surface area contributed by atoms with Gasteiger partial charge in [0.05, 0.1) is 19.3 Å². The van der Waals surface area contributed by atoms with E-state index in [4.69, 9.17) is 5.73 Å². The summed E-state index contributed by atoms with van der Waals surface area (Å²) in [4.78, 5) is 15.4. The van der Waals surface area contributed by atoms with Crippen LogP contribution in [0.4, 0.5) is 0 Å². The normalized spacial score (nSPS) is 11.2. The molecule has 0 aromatic carbocycles. The first-order valence-electron chi connectivity index (χ1n) is 4.44. The molecule has 0 saturated carbocycles. The zero-order valence-electron chi connectivity index (χ0n) is 8.90. The van der Waals surface area contributed by atoms with E-state index in [1.54, 1.807) is 0 Å². The Labute approximate surface area is 88.1 Å². The van der Waals surface area contributed by atoms with Gasteiger partial charge in [-0.25, -0.2) is 9.78 Å². The topological polar surface area (TPSA) is 65.2 Å². The highest BCUT2D eigenvalue weighted by atomic mass is 32.1. The molecule has 1 rings (SSSR count). The van der Waals surface area contributed by atoms with Gasteiger partial charge in [-0.3, -0.25) is 0 Å². The van der Waals surface area contributed by atoms with Gasteiger partial charge in [-0.15, -0.1) is 11.3 Å². The lowest BCUT2D eigenvalue weighted by atomic mass is 10.4. The van der Waals surface area contributed by atoms with E-state index in [-0.39, 0.29) is 12.0 Å². The fourth-order valence-electron chi connectivity index (χ4n) is 0.693. The summed E-state index contributed by atoms with van der Waals surface area (Å²) in [5.74, 6) is -0.362. The van der Waals surface area contributed by atoms with Crippen molar-refractivity contribution >= 4 is 17.3 Å². The molecule has 0 spiro atoms. The van der Waals surface area contributed by atoms with Crippen LogP contribution in [0.25, 0.3) is 0 Å². The molecule has 0 amide bonds. The molecule has 0 aliphatic carbocycles. The van der Waals surface area contributed by atoms with E-state index >= 15 is 0 Å². The van der Waals surface area contributed by atoms with Crippen LogP contribution < -0.4 is 5.73 Å². The van der Waals surface area contributed by atoms with E-state index in [0.717, 1.165) is 5.01 Å². The van der Waals surface area contributed by atoms with Gasteiger partial charge >= 0.3 is 5.97 Å². The number of aromatic nitrogens is 1. The monoisotopic (exact) mass is 216 g/mol. The Hall–Kier alpha value is -0.940. The molecular formula is C9H16N2O2S. The van der Waals surface area contributed by atoms with E-state index in [9.17, 15) is 4.79 Å². The first-order valence-corrected chi connectivity index (χ1v) is 5.26. The summed E-state index contributed by atoms with van der Waals surface area (Å²) in [5, 5.41) is 0.746. The summed E-state index contributed by atoms with van der Waals surface area (Å²) in [6, 6.07) is -0.131. The average Bonchev–Trinajstić information content (AvgIpc) is 2.68. The van der Waals surface area contributed by atoms with Gasteiger partial charge in [-0.05, 0) is 6.92 Å². The zero-order chi connectivity index (χ0) is 11.1. The lowest BCUT2D eigenvalue weighted by Crippen LogP contribution is -2.03. The van der Waals surface area contributed by atoms with Crippen LogP contribution in [0.1, 0.15) is 41.5 Å². The molecule has 0 aliphatic heterocycles. The van der Waals surface area contributed by atoms with E-state index in [1.165, 1.54) is 24.6 Å². The molecule has 14 heavy (non-hydrogen) atoms. The molecule has 4 nitrogen and oxygen atoms in total. The summed E-state index contributed by atoms with van der Waals surface area (Å²) in [7, 11) is 1.34. The smallest absolute Gasteiger partial charge is 0.349 e. The van der Waals surface area contributed by atoms with Crippen molar-refractivity contribution in [3.05, 3.63) is 16.1 Å². The van der Waals surface area contributed by atoms with Gasteiger partial charge in [0, 0.05) is 0 Å². The predicted molar refractivity (Wildman–Crippen MR) is 57.4 cm³/mol. The van der Waals surface area contributed by atoms with E-state index < -0.39 is 0 Å². The van der Waals surface area contributed by atoms with Gasteiger partial charge in [-0.1, -0.05) is 13.8 Å². The van der Waals surface area contributed by atoms with Crippen LogP contribution in [-0.2, 0) is 4.74 Å². The van der Waals surface area contributed by atoms with Gasteiger partial charge < -0.3 is 10.5 Å². The lowest BCUT2D eigenvalue weighted by molar-refractivity contribution is 0.0606. The highest BCUT2D eigenvalue weighted by Crippen LogP contribution is 2.18. The number of thiazole rings is 1. The fourth-order valence-corrected chi connectivity index (χ4v) is 1.48. The second-order valence-electron chi connectivity index (χ2n) is 2.34. The minimum Gasteiger partial charge on any atom is -0.465 e. The summed E-state index contributed by atoms with van der Waals surface area (Å²) >= 11 is 1.26. The largest absolute Gasteiger partial charge is 0.465 e. The number of nitrogens with two attached hydrogens (primary N) is 1. The quantitative estimate of drug-likeness (QED) is 0.768. The number of hydrogen-bond donors (Lipinski definition) is 1. The minimum atomic E-state index is -0.362. The Bertz CT molecular complexity index is 284. The van der Waals surface area contributed by atoms with Crippen molar-refractivity contribution in [3.8, 4) is 0 Å². The van der Waals surface area contributed by atoms with Crippen molar-refractivity contribution in [1.29, 1.82) is 0 Å². The molecule has 1 heterocycles. The Balaban J connectivity index is 0.000000791. The number of nitrogens with zero attached hydrogens (tertiary/aromatic N) is 1. The molecular weight excluding hydrogens is 200 g/mol. The van der Waals surface area contributed by atoms with Crippen molar-refractivity contribution in [3.63, 3.8) is 0 Å². The maximum Gasteiger partial charge on any atom is 0.349 e. The molecule has 1 aromatic rings. The number of carbonyl (C=O) groups excluding carboxylic acids is 1. The van der Waals surface area contributed by atoms with Gasteiger partial charge in [0.25, 0.3) is 0 Å². The van der Waals surface area contributed by atoms with Gasteiger partial charge in [0.15, 0.2) is 0 Å². The summed E-state index contributed by atoms with van der Waals surface area (Å²) in [5.41, 5.74) is 5.56. The minimum absolute atomic E-state index is 0.131. The van der Waals surface area contributed by atoms with Crippen LogP contribution in [-0.4, -0.2) is 18.1 Å². The molecule has 1 atom stereocenters. The second kappa shape index (κ2) is 6.50. The Kier molecular flexibility index (Phi) is 6.07. The van der Waals surface area contributed by atoms with Crippen molar-refractivity contribution in [1.82, 2.24) is 4.98 Å². The number of esters is 1. The highest BCUT2D eigenvalue weighted by Gasteiger charge is 2.11. The number of methoxy groups -OCH3 is 1. The third-order valence-electron chi connectivity index (χ3n) is 1.30. The van der Waals surface area contributed by atoms with Gasteiger partial charge in [0.1, 0.15) is 9.88 Å². The third kappa shape index (κ3) is 3.43. The van der Waals surface area contributed by atoms with Crippen LogP contribution in [0.5, 0.6) is 0 Å². The van der Waals surface area contributed by atoms with Crippen molar-refractivity contribution in [2.45, 2.75) is 26.8 Å². The standard InChI is InChI=1S/C7H10N2O2S.C2H6/c1-4(8)6-9-3-5(12-6)7(10)11-2;1-2/h3-4H,8H2,1-2H3;1-2H3. The molecule has 0 bridgehead atoms. The summed E-state index contributed by atoms with van der Waals surface area (Å²) < 4.78 is 4.52. The molecule has 1 unspecified atom stereocenters. The number of hydrogen-bond acceptors (Lipinski definition) is 5. The first-order chi connectivity index (χ1) is 6.65. The predicted octanol–water partition coefficient (Wildman–Crippen LogP) is 1.98. The molecule has 0 radical (unpaired) electrons. The van der Waals surface area contributed by atoms with Crippen LogP contribution >= 0.6 is 11.3 Å². The number of rotatable bonds is 2. The first kappa shape index (κ1) is 13.1. The second-order valence-corrected chi connectivity index (χ2v) is 3.41. The van der Waals surface area contributed by atoms with E-state index in [0.29, 0.717) is 4.88 Å². The van der Waals surface area contributed by atoms with Crippen LogP contribution in [0.15, 0.2) is 6.20 Å². The fraction of sp³-hybridized carbons (Fsp3) is 0.556. The molecule has 0 fully saturated rings. The molecule has 0 saturated heterocycles. The highest BCUT2D eigenvalue weighted by molar-refractivity contribution is 7.13. The SMILES string of the molecule is CC.COC(=O)c1cnc(C(C)N)s1. The van der Waals surface area contributed by atoms with Crippen molar-refractivity contribution < 1.29 is 9.53 Å². The third-order valence-corrected chi connectivity index (χ3v) is 2.48. The zero-order valence-corrected chi connectivity index (χ0v) is 9.72. The van der Waals surface area contributed by atoms with E-state index in [1.807, 2.05) is 20.8 Å². The molecule has 5 heteroatoms. The Morgan fingerprint density at radius 2 is 2.21 bits per heavy atom. The Morgan fingerprint density at radius 3 is 2.57 bits per heavy atom.